The third kappa shape index (κ3) is 3.69. The standard InChI is InChI=1S/C21H23FN2O3S/c1-15-5-4-7-17(11-15)24-20-14-28(26,27)13-19(20)23(12-21(24)25)10-9-16-6-2-3-8-18(16)22/h2-8,11,19-20H,9-10,12-14H2,1H3/t19-,20+/m0/s1. The number of hydrogen-bond donors (Lipinski definition) is 0. The van der Waals surface area contributed by atoms with Gasteiger partial charge in [-0.05, 0) is 42.7 Å². The predicted molar refractivity (Wildman–Crippen MR) is 107 cm³/mol. The summed E-state index contributed by atoms with van der Waals surface area (Å²) in [6.07, 6.45) is 0.438. The minimum atomic E-state index is -3.24. The smallest absolute Gasteiger partial charge is 0.241 e. The molecule has 0 saturated carbocycles. The van der Waals surface area contributed by atoms with Crippen LogP contribution in [0, 0.1) is 12.7 Å². The van der Waals surface area contributed by atoms with E-state index in [-0.39, 0.29) is 35.8 Å². The lowest BCUT2D eigenvalue weighted by atomic mass is 10.0. The molecule has 0 unspecified atom stereocenters. The van der Waals surface area contributed by atoms with Crippen LogP contribution < -0.4 is 4.90 Å². The van der Waals surface area contributed by atoms with Crippen molar-refractivity contribution in [2.45, 2.75) is 25.4 Å². The first-order valence-corrected chi connectivity index (χ1v) is 11.2. The molecule has 0 N–H and O–H groups in total. The van der Waals surface area contributed by atoms with Gasteiger partial charge in [0.25, 0.3) is 0 Å². The third-order valence-electron chi connectivity index (χ3n) is 5.61. The molecule has 2 fully saturated rings. The Kier molecular flexibility index (Phi) is 4.97. The predicted octanol–water partition coefficient (Wildman–Crippen LogP) is 2.19. The highest BCUT2D eigenvalue weighted by Crippen LogP contribution is 2.32. The number of piperazine rings is 1. The number of aryl methyl sites for hydroxylation is 1. The first-order chi connectivity index (χ1) is 13.3. The number of rotatable bonds is 4. The summed E-state index contributed by atoms with van der Waals surface area (Å²) in [4.78, 5) is 16.5. The number of benzene rings is 2. The minimum absolute atomic E-state index is 0.0323. The molecule has 5 nitrogen and oxygen atoms in total. The van der Waals surface area contributed by atoms with E-state index < -0.39 is 15.9 Å². The van der Waals surface area contributed by atoms with Crippen LogP contribution >= 0.6 is 0 Å². The van der Waals surface area contributed by atoms with E-state index in [9.17, 15) is 17.6 Å². The first-order valence-electron chi connectivity index (χ1n) is 9.41. The summed E-state index contributed by atoms with van der Waals surface area (Å²) in [7, 11) is -3.24. The molecule has 4 rings (SSSR count). The lowest BCUT2D eigenvalue weighted by Crippen LogP contribution is -2.62. The topological polar surface area (TPSA) is 57.7 Å². The van der Waals surface area contributed by atoms with Crippen molar-refractivity contribution >= 4 is 21.4 Å². The van der Waals surface area contributed by atoms with Gasteiger partial charge in [-0.1, -0.05) is 30.3 Å². The molecule has 0 bridgehead atoms. The van der Waals surface area contributed by atoms with E-state index in [0.29, 0.717) is 18.5 Å². The molecule has 2 aliphatic heterocycles. The van der Waals surface area contributed by atoms with Gasteiger partial charge in [0.2, 0.25) is 5.91 Å². The number of halogens is 1. The second-order valence-corrected chi connectivity index (χ2v) is 9.78. The van der Waals surface area contributed by atoms with E-state index in [1.165, 1.54) is 6.07 Å². The van der Waals surface area contributed by atoms with Gasteiger partial charge in [0, 0.05) is 18.3 Å². The SMILES string of the molecule is Cc1cccc(N2C(=O)CN(CCc3ccccc3F)[C@H]3CS(=O)(=O)C[C@H]32)c1. The van der Waals surface area contributed by atoms with Crippen LogP contribution in [0.3, 0.4) is 0 Å². The van der Waals surface area contributed by atoms with Gasteiger partial charge in [-0.25, -0.2) is 12.8 Å². The van der Waals surface area contributed by atoms with Gasteiger partial charge in [0.05, 0.1) is 24.1 Å². The molecule has 148 valence electrons. The number of sulfone groups is 1. The second kappa shape index (κ2) is 7.29. The van der Waals surface area contributed by atoms with E-state index in [1.54, 1.807) is 23.1 Å². The fourth-order valence-electron chi connectivity index (χ4n) is 4.28. The zero-order valence-electron chi connectivity index (χ0n) is 15.7. The van der Waals surface area contributed by atoms with Gasteiger partial charge in [0.15, 0.2) is 9.84 Å². The van der Waals surface area contributed by atoms with Crippen molar-refractivity contribution in [3.63, 3.8) is 0 Å². The van der Waals surface area contributed by atoms with Crippen molar-refractivity contribution in [2.24, 2.45) is 0 Å². The molecule has 2 atom stereocenters. The molecule has 2 saturated heterocycles. The molecule has 1 amide bonds. The Morgan fingerprint density at radius 1 is 1.07 bits per heavy atom. The zero-order valence-corrected chi connectivity index (χ0v) is 16.5. The van der Waals surface area contributed by atoms with Crippen molar-refractivity contribution in [2.75, 3.05) is 29.5 Å². The maximum Gasteiger partial charge on any atom is 0.241 e. The Morgan fingerprint density at radius 2 is 1.82 bits per heavy atom. The summed E-state index contributed by atoms with van der Waals surface area (Å²) in [5.41, 5.74) is 2.34. The highest BCUT2D eigenvalue weighted by molar-refractivity contribution is 7.91. The van der Waals surface area contributed by atoms with Gasteiger partial charge in [0.1, 0.15) is 5.82 Å². The molecule has 2 aromatic carbocycles. The highest BCUT2D eigenvalue weighted by Gasteiger charge is 2.49. The number of anilines is 1. The Bertz CT molecular complexity index is 1010. The summed E-state index contributed by atoms with van der Waals surface area (Å²) in [5, 5.41) is 0. The number of carbonyl (C=O) groups excluding carboxylic acids is 1. The first kappa shape index (κ1) is 19.1. The van der Waals surface area contributed by atoms with Crippen LogP contribution in [0.15, 0.2) is 48.5 Å². The van der Waals surface area contributed by atoms with E-state index in [1.807, 2.05) is 36.1 Å². The highest BCUT2D eigenvalue weighted by atomic mass is 32.2. The average molecular weight is 402 g/mol. The van der Waals surface area contributed by atoms with Crippen molar-refractivity contribution in [3.05, 3.63) is 65.5 Å². The van der Waals surface area contributed by atoms with E-state index in [0.717, 1.165) is 11.3 Å². The molecular weight excluding hydrogens is 379 g/mol. The molecule has 0 radical (unpaired) electrons. The van der Waals surface area contributed by atoms with Gasteiger partial charge in [-0.15, -0.1) is 0 Å². The Labute approximate surface area is 164 Å². The van der Waals surface area contributed by atoms with Crippen LogP contribution in [0.2, 0.25) is 0 Å². The van der Waals surface area contributed by atoms with Crippen LogP contribution in [0.1, 0.15) is 11.1 Å². The van der Waals surface area contributed by atoms with Crippen molar-refractivity contribution < 1.29 is 17.6 Å². The van der Waals surface area contributed by atoms with Crippen LogP contribution in [0.25, 0.3) is 0 Å². The average Bonchev–Trinajstić information content (AvgIpc) is 2.95. The Balaban J connectivity index is 1.60. The normalized spacial score (nSPS) is 24.4. The van der Waals surface area contributed by atoms with Gasteiger partial charge in [-0.3, -0.25) is 9.69 Å². The van der Waals surface area contributed by atoms with Gasteiger partial charge < -0.3 is 4.90 Å². The van der Waals surface area contributed by atoms with E-state index in [4.69, 9.17) is 0 Å². The fourth-order valence-corrected chi connectivity index (χ4v) is 6.26. The number of amides is 1. The van der Waals surface area contributed by atoms with Crippen molar-refractivity contribution in [3.8, 4) is 0 Å². The number of nitrogens with zero attached hydrogens (tertiary/aromatic N) is 2. The molecule has 0 aromatic heterocycles. The lowest BCUT2D eigenvalue weighted by Gasteiger charge is -2.43. The summed E-state index contributed by atoms with van der Waals surface area (Å²) < 4.78 is 38.7. The number of hydrogen-bond acceptors (Lipinski definition) is 4. The Morgan fingerprint density at radius 3 is 2.57 bits per heavy atom. The maximum atomic E-state index is 13.9. The monoisotopic (exact) mass is 402 g/mol. The molecule has 0 spiro atoms. The summed E-state index contributed by atoms with van der Waals surface area (Å²) >= 11 is 0. The second-order valence-electron chi connectivity index (χ2n) is 7.63. The molecule has 0 aliphatic carbocycles. The van der Waals surface area contributed by atoms with Crippen LogP contribution in [-0.4, -0.2) is 55.9 Å². The summed E-state index contributed by atoms with van der Waals surface area (Å²) in [6.45, 7) is 2.53. The molecule has 2 heterocycles. The molecule has 7 heteroatoms. The minimum Gasteiger partial charge on any atom is -0.306 e. The van der Waals surface area contributed by atoms with Crippen molar-refractivity contribution in [1.29, 1.82) is 0 Å². The third-order valence-corrected chi connectivity index (χ3v) is 7.31. The quantitative estimate of drug-likeness (QED) is 0.787. The van der Waals surface area contributed by atoms with Crippen molar-refractivity contribution in [1.82, 2.24) is 4.90 Å². The van der Waals surface area contributed by atoms with E-state index in [2.05, 4.69) is 0 Å². The molecule has 2 aromatic rings. The van der Waals surface area contributed by atoms with Crippen LogP contribution in [-0.2, 0) is 21.1 Å². The lowest BCUT2D eigenvalue weighted by molar-refractivity contribution is -0.123. The fraction of sp³-hybridized carbons (Fsp3) is 0.381. The summed E-state index contributed by atoms with van der Waals surface area (Å²) in [5.74, 6) is -0.391. The molecule has 2 aliphatic rings. The molecular formula is C21H23FN2O3S. The van der Waals surface area contributed by atoms with Gasteiger partial charge in [-0.2, -0.15) is 0 Å². The van der Waals surface area contributed by atoms with E-state index >= 15 is 0 Å². The number of carbonyl (C=O) groups is 1. The Hall–Kier alpha value is -2.25. The largest absolute Gasteiger partial charge is 0.306 e. The molecule has 28 heavy (non-hydrogen) atoms. The summed E-state index contributed by atoms with van der Waals surface area (Å²) in [6, 6.07) is 13.5. The maximum absolute atomic E-state index is 13.9. The van der Waals surface area contributed by atoms with Crippen LogP contribution in [0.4, 0.5) is 10.1 Å². The zero-order chi connectivity index (χ0) is 19.9. The number of fused-ring (bicyclic) bond motifs is 1. The van der Waals surface area contributed by atoms with Gasteiger partial charge >= 0.3 is 0 Å². The van der Waals surface area contributed by atoms with Crippen LogP contribution in [0.5, 0.6) is 0 Å².